The Morgan fingerprint density at radius 3 is 2.49 bits per heavy atom. The normalized spacial score (nSPS) is 14.9. The number of ether oxygens (including phenoxy) is 1. The predicted octanol–water partition coefficient (Wildman–Crippen LogP) is 6.77. The lowest BCUT2D eigenvalue weighted by atomic mass is 10.0. The van der Waals surface area contributed by atoms with Gasteiger partial charge in [-0.15, -0.1) is 12.4 Å². The van der Waals surface area contributed by atoms with Gasteiger partial charge in [0.1, 0.15) is 17.6 Å². The SMILES string of the molecule is CC[C@@H](C)C(=O)N[C@H]1CN(C(=O)c2ccc(F)cc2)c2cc(C#N)ccc2N(Cc2c(OC)ccc3c(Br)cccc23)C1=O.Cl. The van der Waals surface area contributed by atoms with Crippen molar-refractivity contribution in [2.75, 3.05) is 23.5 Å². The molecule has 0 radical (unpaired) electrons. The Morgan fingerprint density at radius 1 is 1.09 bits per heavy atom. The molecule has 3 amide bonds. The van der Waals surface area contributed by atoms with E-state index in [0.717, 1.165) is 20.8 Å². The number of hydrogen-bond acceptors (Lipinski definition) is 5. The van der Waals surface area contributed by atoms with E-state index in [1.165, 1.54) is 34.1 Å². The Labute approximate surface area is 275 Å². The van der Waals surface area contributed by atoms with Crippen molar-refractivity contribution in [3.05, 3.63) is 99.8 Å². The van der Waals surface area contributed by atoms with Gasteiger partial charge in [0, 0.05) is 21.5 Å². The van der Waals surface area contributed by atoms with Crippen LogP contribution in [0.2, 0.25) is 0 Å². The lowest BCUT2D eigenvalue weighted by Gasteiger charge is -2.27. The van der Waals surface area contributed by atoms with Crippen LogP contribution in [-0.2, 0) is 16.1 Å². The predicted molar refractivity (Wildman–Crippen MR) is 177 cm³/mol. The van der Waals surface area contributed by atoms with Gasteiger partial charge in [-0.25, -0.2) is 4.39 Å². The van der Waals surface area contributed by atoms with E-state index in [2.05, 4.69) is 27.3 Å². The quantitative estimate of drug-likeness (QED) is 0.230. The van der Waals surface area contributed by atoms with Crippen molar-refractivity contribution in [3.8, 4) is 11.8 Å². The van der Waals surface area contributed by atoms with E-state index in [1.807, 2.05) is 37.3 Å². The highest BCUT2D eigenvalue weighted by Crippen LogP contribution is 2.39. The summed E-state index contributed by atoms with van der Waals surface area (Å²) in [6.45, 7) is 3.49. The molecule has 0 aromatic heterocycles. The smallest absolute Gasteiger partial charge is 0.258 e. The van der Waals surface area contributed by atoms with Crippen molar-refractivity contribution < 1.29 is 23.5 Å². The molecule has 1 heterocycles. The molecule has 0 spiro atoms. The summed E-state index contributed by atoms with van der Waals surface area (Å²) >= 11 is 3.61. The third kappa shape index (κ3) is 6.65. The second-order valence-electron chi connectivity index (χ2n) is 10.6. The molecule has 2 atom stereocenters. The average Bonchev–Trinajstić information content (AvgIpc) is 3.14. The van der Waals surface area contributed by atoms with E-state index in [0.29, 0.717) is 23.5 Å². The van der Waals surface area contributed by atoms with E-state index in [1.54, 1.807) is 32.2 Å². The lowest BCUT2D eigenvalue weighted by molar-refractivity contribution is -0.129. The fraction of sp³-hybridized carbons (Fsp3) is 0.235. The minimum atomic E-state index is -1.12. The molecule has 1 aliphatic heterocycles. The second kappa shape index (κ2) is 14.1. The van der Waals surface area contributed by atoms with Gasteiger partial charge in [0.15, 0.2) is 0 Å². The first-order valence-corrected chi connectivity index (χ1v) is 14.9. The number of hydrogen-bond donors (Lipinski definition) is 1. The summed E-state index contributed by atoms with van der Waals surface area (Å²) < 4.78 is 20.3. The Balaban J connectivity index is 0.00000461. The zero-order valence-corrected chi connectivity index (χ0v) is 27.2. The standard InChI is InChI=1S/C34H30BrFN4O4.ClH/c1-4-20(2)32(41)38-28-19-40(33(42)22-9-11-23(36)12-10-22)30-16-21(17-37)8-14-29(30)39(34(28)43)18-26-24-6-5-7-27(35)25(24)13-15-31(26)44-3;/h5-16,20,28H,4,18-19H2,1-3H3,(H,38,41);1H/t20-,28+;/m1./s1. The van der Waals surface area contributed by atoms with Crippen molar-refractivity contribution >= 4 is 68.2 Å². The van der Waals surface area contributed by atoms with Gasteiger partial charge in [-0.3, -0.25) is 14.4 Å². The highest BCUT2D eigenvalue weighted by molar-refractivity contribution is 9.10. The van der Waals surface area contributed by atoms with E-state index < -0.39 is 23.7 Å². The molecule has 4 aromatic carbocycles. The lowest BCUT2D eigenvalue weighted by Crippen LogP contribution is -2.53. The van der Waals surface area contributed by atoms with E-state index in [9.17, 15) is 24.0 Å². The average molecular weight is 694 g/mol. The van der Waals surface area contributed by atoms with E-state index in [4.69, 9.17) is 4.74 Å². The topological polar surface area (TPSA) is 103 Å². The van der Waals surface area contributed by atoms with Gasteiger partial charge in [0.05, 0.1) is 43.2 Å². The number of carbonyl (C=O) groups excluding carboxylic acids is 3. The Hall–Kier alpha value is -4.46. The fourth-order valence-electron chi connectivity index (χ4n) is 5.29. The number of nitriles is 1. The number of methoxy groups -OCH3 is 1. The molecular formula is C34H31BrClFN4O4. The Bertz CT molecular complexity index is 1810. The number of nitrogens with one attached hydrogen (secondary N) is 1. The monoisotopic (exact) mass is 692 g/mol. The van der Waals surface area contributed by atoms with Gasteiger partial charge >= 0.3 is 0 Å². The molecule has 1 aliphatic rings. The number of amides is 3. The summed E-state index contributed by atoms with van der Waals surface area (Å²) in [5.41, 5.74) is 1.88. The van der Waals surface area contributed by atoms with Crippen LogP contribution in [-0.4, -0.2) is 37.4 Å². The minimum absolute atomic E-state index is 0. The van der Waals surface area contributed by atoms with Crippen molar-refractivity contribution in [1.29, 1.82) is 5.26 Å². The van der Waals surface area contributed by atoms with Crippen LogP contribution in [0.25, 0.3) is 10.8 Å². The summed E-state index contributed by atoms with van der Waals surface area (Å²) in [6, 6.07) is 20.3. The van der Waals surface area contributed by atoms with Gasteiger partial charge in [-0.2, -0.15) is 5.26 Å². The number of benzene rings is 4. The van der Waals surface area contributed by atoms with Crippen LogP contribution in [0.3, 0.4) is 0 Å². The third-order valence-corrected chi connectivity index (χ3v) is 8.63. The van der Waals surface area contributed by atoms with Gasteiger partial charge in [0.2, 0.25) is 5.91 Å². The van der Waals surface area contributed by atoms with Crippen molar-refractivity contribution in [3.63, 3.8) is 0 Å². The molecule has 0 fully saturated rings. The molecule has 0 aliphatic carbocycles. The molecule has 5 rings (SSSR count). The summed E-state index contributed by atoms with van der Waals surface area (Å²) in [7, 11) is 1.55. The van der Waals surface area contributed by atoms with E-state index >= 15 is 0 Å². The minimum Gasteiger partial charge on any atom is -0.496 e. The van der Waals surface area contributed by atoms with Crippen molar-refractivity contribution in [2.45, 2.75) is 32.9 Å². The first-order valence-electron chi connectivity index (χ1n) is 14.1. The highest BCUT2D eigenvalue weighted by Gasteiger charge is 2.38. The third-order valence-electron chi connectivity index (χ3n) is 7.94. The van der Waals surface area contributed by atoms with Crippen molar-refractivity contribution in [2.24, 2.45) is 5.92 Å². The molecule has 0 bridgehead atoms. The molecular weight excluding hydrogens is 663 g/mol. The molecule has 0 saturated carbocycles. The van der Waals surface area contributed by atoms with Gasteiger partial charge in [-0.1, -0.05) is 41.9 Å². The summed E-state index contributed by atoms with van der Waals surface area (Å²) in [6.07, 6.45) is 0.558. The van der Waals surface area contributed by atoms with Crippen LogP contribution >= 0.6 is 28.3 Å². The zero-order chi connectivity index (χ0) is 31.5. The first kappa shape index (κ1) is 33.4. The molecule has 4 aromatic rings. The van der Waals surface area contributed by atoms with Crippen molar-refractivity contribution in [1.82, 2.24) is 5.32 Å². The second-order valence-corrected chi connectivity index (χ2v) is 11.5. The van der Waals surface area contributed by atoms with Gasteiger partial charge in [-0.05, 0) is 77.9 Å². The highest BCUT2D eigenvalue weighted by atomic mass is 79.9. The number of anilines is 2. The van der Waals surface area contributed by atoms with Crippen LogP contribution in [0.4, 0.5) is 15.8 Å². The first-order chi connectivity index (χ1) is 21.2. The van der Waals surface area contributed by atoms with Gasteiger partial charge < -0.3 is 19.9 Å². The van der Waals surface area contributed by atoms with Crippen LogP contribution in [0, 0.1) is 23.1 Å². The zero-order valence-electron chi connectivity index (χ0n) is 24.8. The summed E-state index contributed by atoms with van der Waals surface area (Å²) in [5.74, 6) is -1.58. The molecule has 1 N–H and O–H groups in total. The van der Waals surface area contributed by atoms with Crippen LogP contribution < -0.4 is 19.9 Å². The number of carbonyl (C=O) groups is 3. The maximum Gasteiger partial charge on any atom is 0.258 e. The number of fused-ring (bicyclic) bond motifs is 2. The van der Waals surface area contributed by atoms with Crippen LogP contribution in [0.15, 0.2) is 77.3 Å². The summed E-state index contributed by atoms with van der Waals surface area (Å²) in [5, 5.41) is 14.4. The van der Waals surface area contributed by atoms with Crippen LogP contribution in [0.5, 0.6) is 5.75 Å². The molecule has 232 valence electrons. The largest absolute Gasteiger partial charge is 0.496 e. The Morgan fingerprint density at radius 2 is 1.82 bits per heavy atom. The maximum absolute atomic E-state index is 14.5. The molecule has 0 saturated heterocycles. The fourth-order valence-corrected chi connectivity index (χ4v) is 5.79. The molecule has 11 heteroatoms. The molecule has 8 nitrogen and oxygen atoms in total. The number of halogens is 3. The van der Waals surface area contributed by atoms with E-state index in [-0.39, 0.29) is 48.4 Å². The number of rotatable bonds is 7. The Kier molecular flexibility index (Phi) is 10.5. The summed E-state index contributed by atoms with van der Waals surface area (Å²) in [4.78, 5) is 44.5. The van der Waals surface area contributed by atoms with Crippen LogP contribution in [0.1, 0.15) is 41.8 Å². The number of nitrogens with zero attached hydrogens (tertiary/aromatic N) is 3. The molecule has 0 unspecified atom stereocenters. The molecule has 45 heavy (non-hydrogen) atoms. The maximum atomic E-state index is 14.5. The van der Waals surface area contributed by atoms with Gasteiger partial charge in [0.25, 0.3) is 11.8 Å².